The van der Waals surface area contributed by atoms with Crippen molar-refractivity contribution in [3.05, 3.63) is 77.9 Å². The van der Waals surface area contributed by atoms with Gasteiger partial charge in [-0.05, 0) is 28.7 Å². The van der Waals surface area contributed by atoms with Crippen LogP contribution in [0.4, 0.5) is 4.79 Å². The first-order chi connectivity index (χ1) is 17.0. The van der Waals surface area contributed by atoms with Crippen LogP contribution in [0.25, 0.3) is 11.1 Å². The number of aliphatic carboxylic acids is 1. The second-order valence-electron chi connectivity index (χ2n) is 8.46. The first kappa shape index (κ1) is 24.0. The van der Waals surface area contributed by atoms with E-state index in [1.54, 1.807) is 6.20 Å². The predicted octanol–water partition coefficient (Wildman–Crippen LogP) is 3.18. The highest BCUT2D eigenvalue weighted by molar-refractivity contribution is 5.88. The summed E-state index contributed by atoms with van der Waals surface area (Å²) < 4.78 is 5.60. The molecule has 0 saturated heterocycles. The summed E-state index contributed by atoms with van der Waals surface area (Å²) in [4.78, 5) is 45.4. The highest BCUT2D eigenvalue weighted by Gasteiger charge is 2.31. The molecule has 182 valence electrons. The third kappa shape index (κ3) is 5.51. The van der Waals surface area contributed by atoms with Crippen LogP contribution in [-0.4, -0.2) is 63.7 Å². The number of rotatable bonds is 10. The fourth-order valence-corrected chi connectivity index (χ4v) is 4.52. The molecule has 1 atom stereocenters. The number of aromatic amines is 1. The molecule has 2 aromatic carbocycles. The Morgan fingerprint density at radius 3 is 2.34 bits per heavy atom. The molecule has 0 unspecified atom stereocenters. The van der Waals surface area contributed by atoms with Gasteiger partial charge in [0.1, 0.15) is 19.2 Å². The normalized spacial score (nSPS) is 12.9. The second kappa shape index (κ2) is 10.9. The molecule has 0 radical (unpaired) electrons. The van der Waals surface area contributed by atoms with Crippen LogP contribution in [0.1, 0.15) is 36.1 Å². The number of imidazole rings is 1. The molecular formula is C26H28N4O5. The zero-order valence-electron chi connectivity index (χ0n) is 19.4. The predicted molar refractivity (Wildman–Crippen MR) is 129 cm³/mol. The quantitative estimate of drug-likeness (QED) is 0.413. The molecule has 3 N–H and O–H groups in total. The Hall–Kier alpha value is -4.14. The van der Waals surface area contributed by atoms with Crippen LogP contribution in [0.2, 0.25) is 0 Å². The van der Waals surface area contributed by atoms with Gasteiger partial charge in [0.2, 0.25) is 5.91 Å². The Kier molecular flexibility index (Phi) is 7.45. The molecule has 9 nitrogen and oxygen atoms in total. The lowest BCUT2D eigenvalue weighted by atomic mass is 9.98. The number of carboxylic acid groups (broad SMARTS) is 1. The Morgan fingerprint density at radius 1 is 1.11 bits per heavy atom. The molecule has 2 amide bonds. The molecular weight excluding hydrogens is 448 g/mol. The van der Waals surface area contributed by atoms with E-state index in [4.69, 9.17) is 4.74 Å². The minimum absolute atomic E-state index is 0.110. The topological polar surface area (TPSA) is 125 Å². The van der Waals surface area contributed by atoms with Gasteiger partial charge in [-0.15, -0.1) is 0 Å². The van der Waals surface area contributed by atoms with Crippen LogP contribution < -0.4 is 5.32 Å². The standard InChI is InChI=1S/C26H28N4O5/c1-2-11-30(14-24(31)32)25(33)23(12-17-13-27-16-28-17)29-26(34)35-15-22-20-9-5-3-7-18(20)19-8-4-6-10-21(19)22/h3-10,13,16,22-23H,2,11-12,14-15H2,1H3,(H,27,28)(H,29,34)(H,31,32)/t23-/m1/s1. The second-order valence-corrected chi connectivity index (χ2v) is 8.46. The number of nitrogens with one attached hydrogen (secondary N) is 2. The van der Waals surface area contributed by atoms with E-state index in [1.807, 2.05) is 43.3 Å². The monoisotopic (exact) mass is 476 g/mol. The van der Waals surface area contributed by atoms with Crippen molar-refractivity contribution in [3.8, 4) is 11.1 Å². The highest BCUT2D eigenvalue weighted by atomic mass is 16.5. The van der Waals surface area contributed by atoms with Crippen molar-refractivity contribution >= 4 is 18.0 Å². The van der Waals surface area contributed by atoms with Crippen LogP contribution in [0.15, 0.2) is 61.1 Å². The van der Waals surface area contributed by atoms with Gasteiger partial charge in [0.05, 0.1) is 6.33 Å². The average Bonchev–Trinajstić information content (AvgIpc) is 3.47. The summed E-state index contributed by atoms with van der Waals surface area (Å²) in [7, 11) is 0. The van der Waals surface area contributed by atoms with Gasteiger partial charge >= 0.3 is 12.1 Å². The smallest absolute Gasteiger partial charge is 0.407 e. The van der Waals surface area contributed by atoms with Crippen molar-refractivity contribution in [2.24, 2.45) is 0 Å². The van der Waals surface area contributed by atoms with Gasteiger partial charge in [-0.2, -0.15) is 0 Å². The number of ether oxygens (including phenoxy) is 1. The van der Waals surface area contributed by atoms with Gasteiger partial charge in [-0.25, -0.2) is 9.78 Å². The van der Waals surface area contributed by atoms with E-state index < -0.39 is 30.6 Å². The molecule has 0 saturated carbocycles. The lowest BCUT2D eigenvalue weighted by Crippen LogP contribution is -2.51. The number of hydrogen-bond acceptors (Lipinski definition) is 5. The Bertz CT molecular complexity index is 1150. The first-order valence-electron chi connectivity index (χ1n) is 11.6. The number of H-pyrrole nitrogens is 1. The minimum Gasteiger partial charge on any atom is -0.480 e. The van der Waals surface area contributed by atoms with Crippen LogP contribution in [0, 0.1) is 0 Å². The third-order valence-corrected chi connectivity index (χ3v) is 6.04. The minimum atomic E-state index is -1.12. The molecule has 35 heavy (non-hydrogen) atoms. The molecule has 3 aromatic rings. The van der Waals surface area contributed by atoms with Crippen molar-refractivity contribution in [3.63, 3.8) is 0 Å². The fourth-order valence-electron chi connectivity index (χ4n) is 4.52. The molecule has 1 aromatic heterocycles. The number of amides is 2. The van der Waals surface area contributed by atoms with E-state index in [0.717, 1.165) is 22.3 Å². The maximum absolute atomic E-state index is 13.2. The largest absolute Gasteiger partial charge is 0.480 e. The number of carbonyl (C=O) groups is 3. The maximum atomic E-state index is 13.2. The lowest BCUT2D eigenvalue weighted by Gasteiger charge is -2.26. The third-order valence-electron chi connectivity index (χ3n) is 6.04. The maximum Gasteiger partial charge on any atom is 0.407 e. The molecule has 0 fully saturated rings. The zero-order chi connectivity index (χ0) is 24.8. The van der Waals surface area contributed by atoms with Crippen LogP contribution >= 0.6 is 0 Å². The number of nitrogens with zero attached hydrogens (tertiary/aromatic N) is 2. The van der Waals surface area contributed by atoms with Crippen molar-refractivity contribution in [2.75, 3.05) is 19.7 Å². The number of alkyl carbamates (subject to hydrolysis) is 1. The summed E-state index contributed by atoms with van der Waals surface area (Å²) >= 11 is 0. The van der Waals surface area contributed by atoms with Crippen molar-refractivity contribution in [1.82, 2.24) is 20.2 Å². The fraction of sp³-hybridized carbons (Fsp3) is 0.308. The molecule has 1 aliphatic carbocycles. The lowest BCUT2D eigenvalue weighted by molar-refractivity contribution is -0.145. The number of carboxylic acids is 1. The van der Waals surface area contributed by atoms with Gasteiger partial charge in [-0.1, -0.05) is 55.5 Å². The van der Waals surface area contributed by atoms with E-state index in [9.17, 15) is 19.5 Å². The number of fused-ring (bicyclic) bond motifs is 3. The summed E-state index contributed by atoms with van der Waals surface area (Å²) in [5, 5.41) is 11.9. The van der Waals surface area contributed by atoms with E-state index in [0.29, 0.717) is 12.1 Å². The van der Waals surface area contributed by atoms with Crippen LogP contribution in [0.5, 0.6) is 0 Å². The number of aromatic nitrogens is 2. The number of carbonyl (C=O) groups excluding carboxylic acids is 2. The molecule has 4 rings (SSSR count). The van der Waals surface area contributed by atoms with E-state index in [2.05, 4.69) is 27.4 Å². The summed E-state index contributed by atoms with van der Waals surface area (Å²) in [6.45, 7) is 1.78. The Morgan fingerprint density at radius 2 is 1.77 bits per heavy atom. The highest BCUT2D eigenvalue weighted by Crippen LogP contribution is 2.44. The SMILES string of the molecule is CCCN(CC(=O)O)C(=O)[C@@H](Cc1cnc[nH]1)NC(=O)OCC1c2ccccc2-c2ccccc21. The van der Waals surface area contributed by atoms with Crippen molar-refractivity contribution in [2.45, 2.75) is 31.7 Å². The van der Waals surface area contributed by atoms with Gasteiger partial charge in [0, 0.05) is 30.8 Å². The summed E-state index contributed by atoms with van der Waals surface area (Å²) in [6.07, 6.45) is 3.01. The Balaban J connectivity index is 1.47. The van der Waals surface area contributed by atoms with Crippen LogP contribution in [-0.2, 0) is 20.7 Å². The van der Waals surface area contributed by atoms with E-state index >= 15 is 0 Å². The van der Waals surface area contributed by atoms with Crippen LogP contribution in [0.3, 0.4) is 0 Å². The van der Waals surface area contributed by atoms with Gasteiger partial charge in [0.25, 0.3) is 0 Å². The molecule has 9 heteroatoms. The van der Waals surface area contributed by atoms with E-state index in [-0.39, 0.29) is 25.5 Å². The van der Waals surface area contributed by atoms with Crippen molar-refractivity contribution < 1.29 is 24.2 Å². The average molecular weight is 477 g/mol. The molecule has 0 bridgehead atoms. The Labute approximate surface area is 203 Å². The summed E-state index contributed by atoms with van der Waals surface area (Å²) in [6, 6.07) is 15.0. The molecule has 0 aliphatic heterocycles. The van der Waals surface area contributed by atoms with Crippen molar-refractivity contribution in [1.29, 1.82) is 0 Å². The van der Waals surface area contributed by atoms with Gasteiger partial charge in [0.15, 0.2) is 0 Å². The first-order valence-corrected chi connectivity index (χ1v) is 11.6. The van der Waals surface area contributed by atoms with Gasteiger partial charge in [-0.3, -0.25) is 9.59 Å². The van der Waals surface area contributed by atoms with E-state index in [1.165, 1.54) is 11.2 Å². The summed E-state index contributed by atoms with van der Waals surface area (Å²) in [5.41, 5.74) is 5.04. The summed E-state index contributed by atoms with van der Waals surface area (Å²) in [5.74, 6) is -1.72. The van der Waals surface area contributed by atoms with Gasteiger partial charge < -0.3 is 25.0 Å². The zero-order valence-corrected chi connectivity index (χ0v) is 19.4. The number of benzene rings is 2. The molecule has 0 spiro atoms. The number of hydrogen-bond donors (Lipinski definition) is 3. The molecule has 1 heterocycles. The molecule has 1 aliphatic rings.